The standard InChI is InChI=1S/C17H20ClFN4O3/c1-11-16(17(26)20-9-5-3-2-4-6-15(24)25)21-22-23(11)14-8-7-12(18)10-13(14)19/h7-8,10H,2-6,9H2,1H3,(H,20,26)(H,24,25). The van der Waals surface area contributed by atoms with Gasteiger partial charge in [0.15, 0.2) is 5.69 Å². The molecule has 1 heterocycles. The van der Waals surface area contributed by atoms with Gasteiger partial charge in [0.2, 0.25) is 0 Å². The normalized spacial score (nSPS) is 10.7. The minimum Gasteiger partial charge on any atom is -0.481 e. The third-order valence-electron chi connectivity index (χ3n) is 3.85. The van der Waals surface area contributed by atoms with Gasteiger partial charge in [-0.3, -0.25) is 9.59 Å². The zero-order valence-electron chi connectivity index (χ0n) is 14.3. The van der Waals surface area contributed by atoms with E-state index < -0.39 is 11.8 Å². The summed E-state index contributed by atoms with van der Waals surface area (Å²) in [4.78, 5) is 22.6. The van der Waals surface area contributed by atoms with Gasteiger partial charge in [0.1, 0.15) is 11.5 Å². The van der Waals surface area contributed by atoms with Crippen LogP contribution in [0.2, 0.25) is 5.02 Å². The summed E-state index contributed by atoms with van der Waals surface area (Å²) in [5.74, 6) is -1.73. The van der Waals surface area contributed by atoms with Gasteiger partial charge in [0, 0.05) is 18.0 Å². The number of carbonyl (C=O) groups is 2. The molecule has 26 heavy (non-hydrogen) atoms. The summed E-state index contributed by atoms with van der Waals surface area (Å²) in [7, 11) is 0. The molecule has 1 aromatic carbocycles. The Labute approximate surface area is 155 Å². The average molecular weight is 383 g/mol. The van der Waals surface area contributed by atoms with Crippen LogP contribution in [0.5, 0.6) is 0 Å². The number of aliphatic carboxylic acids is 1. The monoisotopic (exact) mass is 382 g/mol. The number of hydrogen-bond donors (Lipinski definition) is 2. The minimum absolute atomic E-state index is 0.130. The topological polar surface area (TPSA) is 97.1 Å². The molecule has 0 aliphatic heterocycles. The fourth-order valence-electron chi connectivity index (χ4n) is 2.46. The lowest BCUT2D eigenvalue weighted by atomic mass is 10.1. The molecule has 9 heteroatoms. The number of nitrogens with one attached hydrogen (secondary N) is 1. The summed E-state index contributed by atoms with van der Waals surface area (Å²) in [6.07, 6.45) is 3.16. The lowest BCUT2D eigenvalue weighted by Crippen LogP contribution is -2.25. The Balaban J connectivity index is 1.88. The van der Waals surface area contributed by atoms with E-state index in [9.17, 15) is 14.0 Å². The van der Waals surface area contributed by atoms with E-state index in [0.29, 0.717) is 18.7 Å². The number of halogens is 2. The number of hydrogen-bond acceptors (Lipinski definition) is 4. The molecule has 0 unspecified atom stereocenters. The van der Waals surface area contributed by atoms with Gasteiger partial charge in [-0.1, -0.05) is 29.7 Å². The number of aromatic nitrogens is 3. The molecule has 0 saturated heterocycles. The molecule has 0 aliphatic rings. The van der Waals surface area contributed by atoms with Crippen molar-refractivity contribution < 1.29 is 19.1 Å². The second-order valence-electron chi connectivity index (χ2n) is 5.84. The van der Waals surface area contributed by atoms with Crippen LogP contribution in [0.3, 0.4) is 0 Å². The van der Waals surface area contributed by atoms with E-state index in [-0.39, 0.29) is 28.7 Å². The Bertz CT molecular complexity index is 794. The van der Waals surface area contributed by atoms with E-state index in [4.69, 9.17) is 16.7 Å². The molecular weight excluding hydrogens is 363 g/mol. The van der Waals surface area contributed by atoms with Crippen molar-refractivity contribution in [1.82, 2.24) is 20.3 Å². The van der Waals surface area contributed by atoms with Crippen molar-refractivity contribution in [2.24, 2.45) is 0 Å². The summed E-state index contributed by atoms with van der Waals surface area (Å²) < 4.78 is 15.3. The molecule has 0 fully saturated rings. The predicted octanol–water partition coefficient (Wildman–Crippen LogP) is 3.13. The van der Waals surface area contributed by atoms with Gasteiger partial charge in [-0.05, 0) is 38.0 Å². The molecule has 0 bridgehead atoms. The summed E-state index contributed by atoms with van der Waals surface area (Å²) in [6.45, 7) is 2.09. The van der Waals surface area contributed by atoms with Gasteiger partial charge in [0.05, 0.1) is 5.69 Å². The number of rotatable bonds is 9. The highest BCUT2D eigenvalue weighted by Gasteiger charge is 2.18. The number of nitrogens with zero attached hydrogens (tertiary/aromatic N) is 3. The molecule has 2 N–H and O–H groups in total. The Morgan fingerprint density at radius 2 is 2.00 bits per heavy atom. The third kappa shape index (κ3) is 5.26. The maximum atomic E-state index is 14.0. The first-order chi connectivity index (χ1) is 12.4. The summed E-state index contributed by atoms with van der Waals surface area (Å²) in [5.41, 5.74) is 0.715. The summed E-state index contributed by atoms with van der Waals surface area (Å²) >= 11 is 5.74. The number of benzene rings is 1. The maximum absolute atomic E-state index is 14.0. The lowest BCUT2D eigenvalue weighted by molar-refractivity contribution is -0.137. The zero-order valence-corrected chi connectivity index (χ0v) is 15.1. The largest absolute Gasteiger partial charge is 0.481 e. The first kappa shape index (κ1) is 19.8. The van der Waals surface area contributed by atoms with Crippen molar-refractivity contribution in [3.05, 3.63) is 40.4 Å². The van der Waals surface area contributed by atoms with Crippen LogP contribution < -0.4 is 5.32 Å². The first-order valence-electron chi connectivity index (χ1n) is 8.28. The second kappa shape index (κ2) is 9.28. The summed E-state index contributed by atoms with van der Waals surface area (Å²) in [6, 6.07) is 4.17. The number of carboxylic acid groups (broad SMARTS) is 1. The van der Waals surface area contributed by atoms with Crippen LogP contribution in [-0.2, 0) is 4.79 Å². The highest BCUT2D eigenvalue weighted by Crippen LogP contribution is 2.19. The van der Waals surface area contributed by atoms with Gasteiger partial charge >= 0.3 is 5.97 Å². The zero-order chi connectivity index (χ0) is 19.1. The SMILES string of the molecule is Cc1c(C(=O)NCCCCCCC(=O)O)nnn1-c1ccc(Cl)cc1F. The van der Waals surface area contributed by atoms with Gasteiger partial charge in [-0.2, -0.15) is 0 Å². The molecule has 140 valence electrons. The van der Waals surface area contributed by atoms with Crippen LogP contribution in [0.15, 0.2) is 18.2 Å². The molecule has 2 rings (SSSR count). The molecule has 7 nitrogen and oxygen atoms in total. The molecule has 0 spiro atoms. The molecule has 2 aromatic rings. The number of carboxylic acids is 1. The summed E-state index contributed by atoms with van der Waals surface area (Å²) in [5, 5.41) is 19.3. The quantitative estimate of drug-likeness (QED) is 0.649. The Morgan fingerprint density at radius 1 is 1.27 bits per heavy atom. The van der Waals surface area contributed by atoms with Crippen molar-refractivity contribution in [3.8, 4) is 5.69 Å². The fourth-order valence-corrected chi connectivity index (χ4v) is 2.62. The smallest absolute Gasteiger partial charge is 0.303 e. The molecular formula is C17H20ClFN4O3. The van der Waals surface area contributed by atoms with E-state index in [1.807, 2.05) is 0 Å². The predicted molar refractivity (Wildman–Crippen MR) is 94.1 cm³/mol. The van der Waals surface area contributed by atoms with Gasteiger partial charge in [-0.15, -0.1) is 5.10 Å². The van der Waals surface area contributed by atoms with E-state index >= 15 is 0 Å². The van der Waals surface area contributed by atoms with E-state index in [2.05, 4.69) is 15.6 Å². The number of unbranched alkanes of at least 4 members (excludes halogenated alkanes) is 3. The minimum atomic E-state index is -0.797. The highest BCUT2D eigenvalue weighted by atomic mass is 35.5. The molecule has 1 aromatic heterocycles. The lowest BCUT2D eigenvalue weighted by Gasteiger charge is -2.06. The van der Waals surface area contributed by atoms with Crippen LogP contribution in [0.4, 0.5) is 4.39 Å². The van der Waals surface area contributed by atoms with E-state index in [0.717, 1.165) is 19.3 Å². The molecule has 0 aliphatic carbocycles. The van der Waals surface area contributed by atoms with Crippen LogP contribution >= 0.6 is 11.6 Å². The van der Waals surface area contributed by atoms with Gasteiger partial charge in [-0.25, -0.2) is 9.07 Å². The van der Waals surface area contributed by atoms with E-state index in [1.165, 1.54) is 22.9 Å². The van der Waals surface area contributed by atoms with Gasteiger partial charge < -0.3 is 10.4 Å². The van der Waals surface area contributed by atoms with Crippen LogP contribution in [-0.4, -0.2) is 38.5 Å². The van der Waals surface area contributed by atoms with Gasteiger partial charge in [0.25, 0.3) is 5.91 Å². The molecule has 1 amide bonds. The van der Waals surface area contributed by atoms with Crippen molar-refractivity contribution in [2.45, 2.75) is 39.0 Å². The highest BCUT2D eigenvalue weighted by molar-refractivity contribution is 6.30. The molecule has 0 atom stereocenters. The van der Waals surface area contributed by atoms with Crippen molar-refractivity contribution in [2.75, 3.05) is 6.54 Å². The fraction of sp³-hybridized carbons (Fsp3) is 0.412. The first-order valence-corrected chi connectivity index (χ1v) is 8.65. The number of amides is 1. The Morgan fingerprint density at radius 3 is 2.69 bits per heavy atom. The maximum Gasteiger partial charge on any atom is 0.303 e. The number of carbonyl (C=O) groups excluding carboxylic acids is 1. The average Bonchev–Trinajstić information content (AvgIpc) is 2.95. The third-order valence-corrected chi connectivity index (χ3v) is 4.09. The van der Waals surface area contributed by atoms with Crippen molar-refractivity contribution in [1.29, 1.82) is 0 Å². The van der Waals surface area contributed by atoms with E-state index in [1.54, 1.807) is 6.92 Å². The van der Waals surface area contributed by atoms with Crippen LogP contribution in [0.1, 0.15) is 48.3 Å². The Kier molecular flexibility index (Phi) is 7.08. The van der Waals surface area contributed by atoms with Crippen molar-refractivity contribution >= 4 is 23.5 Å². The van der Waals surface area contributed by atoms with Crippen LogP contribution in [0, 0.1) is 12.7 Å². The van der Waals surface area contributed by atoms with Crippen LogP contribution in [0.25, 0.3) is 5.69 Å². The van der Waals surface area contributed by atoms with Crippen molar-refractivity contribution in [3.63, 3.8) is 0 Å². The second-order valence-corrected chi connectivity index (χ2v) is 6.28. The molecule has 0 radical (unpaired) electrons. The molecule has 0 saturated carbocycles. The Hall–Kier alpha value is -2.48.